The van der Waals surface area contributed by atoms with Crippen LogP contribution in [-0.4, -0.2) is 80.2 Å². The largest absolute Gasteiger partial charge is 0.397 e. The molecule has 0 spiro atoms. The minimum absolute atomic E-state index is 0. The third-order valence-electron chi connectivity index (χ3n) is 10.4. The summed E-state index contributed by atoms with van der Waals surface area (Å²) in [5.74, 6) is 0.172. The average Bonchev–Trinajstić information content (AvgIpc) is 3.05. The Morgan fingerprint density at radius 3 is 1.49 bits per heavy atom. The molecule has 3 aliphatic rings. The van der Waals surface area contributed by atoms with Gasteiger partial charge in [0.25, 0.3) is 0 Å². The third kappa shape index (κ3) is 12.6. The van der Waals surface area contributed by atoms with Crippen molar-refractivity contribution in [3.8, 4) is 0 Å². The topological polar surface area (TPSA) is 127 Å². The summed E-state index contributed by atoms with van der Waals surface area (Å²) in [6.07, 6.45) is 21.1. The predicted octanol–water partition coefficient (Wildman–Crippen LogP) is 8.92. The van der Waals surface area contributed by atoms with Crippen molar-refractivity contribution in [1.82, 2.24) is 0 Å². The molecule has 2 unspecified atom stereocenters. The number of hydrogen-bond acceptors (Lipinski definition) is 7. The van der Waals surface area contributed by atoms with E-state index in [0.29, 0.717) is 5.75 Å². The fourth-order valence-electron chi connectivity index (χ4n) is 8.17. The van der Waals surface area contributed by atoms with E-state index in [4.69, 9.17) is 8.37 Å². The molecule has 0 saturated heterocycles. The standard InChI is InChI=1S/C37H56O8S3.Na/c1-2-3-4-5-6-7-8-9-10-11-12-13-14-15-16-21-26-46-29-37-33-24-19-17-22-30(33)36(31-23-18-20-25-34(31)37)32(27-44-47(38,39)40)35(37)28-45-48(41,42)43;/h17-20,22-25,32,35-36H,2-16,21,26-29H2,1H3,(H,38,39,40)(H,41,42,43);. The molecule has 1 radical (unpaired) electrons. The van der Waals surface area contributed by atoms with Crippen molar-refractivity contribution in [3.63, 3.8) is 0 Å². The van der Waals surface area contributed by atoms with Crippen molar-refractivity contribution in [2.45, 2.75) is 121 Å². The van der Waals surface area contributed by atoms with Gasteiger partial charge in [-0.05, 0) is 34.4 Å². The Bertz CT molecular complexity index is 1440. The number of hydrogen-bond donors (Lipinski definition) is 2. The molecule has 0 saturated carbocycles. The Morgan fingerprint density at radius 1 is 0.633 bits per heavy atom. The molecule has 271 valence electrons. The van der Waals surface area contributed by atoms with Gasteiger partial charge in [0.15, 0.2) is 0 Å². The van der Waals surface area contributed by atoms with Gasteiger partial charge in [0, 0.05) is 58.5 Å². The molecule has 2 aromatic rings. The monoisotopic (exact) mass is 747 g/mol. The molecule has 12 heteroatoms. The summed E-state index contributed by atoms with van der Waals surface area (Å²) in [4.78, 5) is 0. The van der Waals surface area contributed by atoms with Crippen LogP contribution in [0.4, 0.5) is 0 Å². The maximum absolute atomic E-state index is 11.8. The molecular weight excluding hydrogens is 692 g/mol. The van der Waals surface area contributed by atoms with Crippen LogP contribution in [0, 0.1) is 11.8 Å². The van der Waals surface area contributed by atoms with Crippen molar-refractivity contribution in [2.24, 2.45) is 11.8 Å². The molecule has 2 bridgehead atoms. The first-order valence-electron chi connectivity index (χ1n) is 18.1. The zero-order valence-corrected chi connectivity index (χ0v) is 34.0. The van der Waals surface area contributed by atoms with Crippen LogP contribution in [0.5, 0.6) is 0 Å². The Morgan fingerprint density at radius 2 is 1.04 bits per heavy atom. The minimum Gasteiger partial charge on any atom is -0.264 e. The van der Waals surface area contributed by atoms with Crippen molar-refractivity contribution in [3.05, 3.63) is 70.8 Å². The Labute approximate surface area is 322 Å². The Hall–Kier alpha value is -0.470. The van der Waals surface area contributed by atoms with Crippen molar-refractivity contribution < 1.29 is 34.3 Å². The van der Waals surface area contributed by atoms with Crippen molar-refractivity contribution in [1.29, 1.82) is 0 Å². The number of benzene rings is 2. The summed E-state index contributed by atoms with van der Waals surface area (Å²) in [6, 6.07) is 16.0. The minimum atomic E-state index is -4.76. The Kier molecular flexibility index (Phi) is 18.7. The van der Waals surface area contributed by atoms with Gasteiger partial charge in [0.2, 0.25) is 0 Å². The number of thioether (sulfide) groups is 1. The summed E-state index contributed by atoms with van der Waals surface area (Å²) in [7, 11) is -9.50. The zero-order valence-electron chi connectivity index (χ0n) is 29.6. The van der Waals surface area contributed by atoms with Crippen LogP contribution >= 0.6 is 11.8 Å². The van der Waals surface area contributed by atoms with Gasteiger partial charge in [-0.1, -0.05) is 152 Å². The van der Waals surface area contributed by atoms with E-state index in [-0.39, 0.29) is 48.7 Å². The van der Waals surface area contributed by atoms with Gasteiger partial charge in [-0.25, -0.2) is 8.37 Å². The fraction of sp³-hybridized carbons (Fsp3) is 0.676. The van der Waals surface area contributed by atoms with Gasteiger partial charge in [0.1, 0.15) is 0 Å². The predicted molar refractivity (Wildman–Crippen MR) is 200 cm³/mol. The molecule has 49 heavy (non-hydrogen) atoms. The maximum Gasteiger partial charge on any atom is 0.397 e. The molecule has 0 amide bonds. The van der Waals surface area contributed by atoms with E-state index in [9.17, 15) is 25.9 Å². The first kappa shape index (κ1) is 42.9. The van der Waals surface area contributed by atoms with Crippen LogP contribution in [0.25, 0.3) is 0 Å². The van der Waals surface area contributed by atoms with Crippen LogP contribution in [-0.2, 0) is 34.6 Å². The molecule has 2 atom stereocenters. The third-order valence-corrected chi connectivity index (χ3v) is 12.5. The van der Waals surface area contributed by atoms with E-state index < -0.39 is 38.0 Å². The molecular formula is C37H56NaO8S3. The molecule has 2 N–H and O–H groups in total. The summed E-state index contributed by atoms with van der Waals surface area (Å²) < 4.78 is 76.0. The van der Waals surface area contributed by atoms with E-state index in [1.54, 1.807) is 0 Å². The van der Waals surface area contributed by atoms with Crippen LogP contribution in [0.15, 0.2) is 48.5 Å². The normalized spacial score (nSPS) is 21.2. The van der Waals surface area contributed by atoms with Gasteiger partial charge in [-0.2, -0.15) is 28.6 Å². The molecule has 0 aromatic heterocycles. The molecule has 8 nitrogen and oxygen atoms in total. The second-order valence-corrected chi connectivity index (χ2v) is 17.0. The second kappa shape index (κ2) is 21.3. The van der Waals surface area contributed by atoms with Gasteiger partial charge in [0.05, 0.1) is 13.2 Å². The van der Waals surface area contributed by atoms with Crippen LogP contribution in [0.1, 0.15) is 138 Å². The van der Waals surface area contributed by atoms with Crippen LogP contribution in [0.2, 0.25) is 0 Å². The second-order valence-electron chi connectivity index (χ2n) is 13.7. The summed E-state index contributed by atoms with van der Waals surface area (Å²) >= 11 is 1.81. The number of rotatable bonds is 25. The van der Waals surface area contributed by atoms with Crippen LogP contribution < -0.4 is 0 Å². The van der Waals surface area contributed by atoms with E-state index >= 15 is 0 Å². The van der Waals surface area contributed by atoms with Gasteiger partial charge in [-0.15, -0.1) is 0 Å². The van der Waals surface area contributed by atoms with E-state index in [0.717, 1.165) is 40.8 Å². The number of fused-ring (bicyclic) bond motifs is 1. The first-order valence-corrected chi connectivity index (χ1v) is 22.0. The smallest absolute Gasteiger partial charge is 0.264 e. The van der Waals surface area contributed by atoms with E-state index in [1.165, 1.54) is 89.9 Å². The fourth-order valence-corrected chi connectivity index (χ4v) is 10.2. The quantitative estimate of drug-likeness (QED) is 0.0582. The zero-order chi connectivity index (χ0) is 34.5. The Balaban J connectivity index is 0.00000650. The molecule has 2 aromatic carbocycles. The van der Waals surface area contributed by atoms with E-state index in [2.05, 4.69) is 19.1 Å². The van der Waals surface area contributed by atoms with Gasteiger partial charge in [-0.3, -0.25) is 9.11 Å². The van der Waals surface area contributed by atoms with Gasteiger partial charge < -0.3 is 0 Å². The van der Waals surface area contributed by atoms with Gasteiger partial charge >= 0.3 is 20.8 Å². The maximum atomic E-state index is 11.8. The van der Waals surface area contributed by atoms with Crippen molar-refractivity contribution >= 4 is 62.1 Å². The first-order chi connectivity index (χ1) is 23.1. The molecule has 0 heterocycles. The summed E-state index contributed by atoms with van der Waals surface area (Å²) in [5, 5.41) is 0. The number of unbranched alkanes of at least 4 members (excludes halogenated alkanes) is 15. The average molecular weight is 748 g/mol. The molecule has 3 aliphatic carbocycles. The van der Waals surface area contributed by atoms with Crippen LogP contribution in [0.3, 0.4) is 0 Å². The molecule has 5 rings (SSSR count). The molecule has 0 fully saturated rings. The molecule has 0 aliphatic heterocycles. The summed E-state index contributed by atoms with van der Waals surface area (Å²) in [5.41, 5.74) is 3.46. The van der Waals surface area contributed by atoms with Crippen molar-refractivity contribution in [2.75, 3.05) is 24.7 Å². The summed E-state index contributed by atoms with van der Waals surface area (Å²) in [6.45, 7) is 1.57. The van der Waals surface area contributed by atoms with E-state index in [1.807, 2.05) is 48.2 Å². The SMILES string of the molecule is CCCCCCCCCCCCCCCCCCSCC12c3ccccc3C(c3ccccc31)C(COS(=O)(=O)O)C2COS(=O)(=O)O.[Na].